The number of aromatic hydroxyl groups is 1. The molecule has 0 aliphatic carbocycles. The number of pyridine rings is 1. The Kier molecular flexibility index (Phi) is 4.56. The zero-order valence-electron chi connectivity index (χ0n) is 15.2. The number of phenolic OH excluding ortho intramolecular Hbond substituents is 1. The van der Waals surface area contributed by atoms with E-state index >= 15 is 0 Å². The Morgan fingerprint density at radius 3 is 2.50 bits per heavy atom. The highest BCUT2D eigenvalue weighted by Crippen LogP contribution is 2.37. The van der Waals surface area contributed by atoms with E-state index in [-0.39, 0.29) is 5.75 Å². The zero-order chi connectivity index (χ0) is 19.5. The maximum Gasteiger partial charge on any atom is 0.223 e. The van der Waals surface area contributed by atoms with Crippen LogP contribution < -0.4 is 5.32 Å². The molecule has 2 heterocycles. The number of nitrogens with zero attached hydrogens (tertiary/aromatic N) is 4. The smallest absolute Gasteiger partial charge is 0.223 e. The molecule has 6 nitrogen and oxygen atoms in total. The molecule has 0 aliphatic heterocycles. The predicted molar refractivity (Wildman–Crippen MR) is 107 cm³/mol. The number of nitriles is 1. The molecule has 0 saturated carbocycles. The first-order chi connectivity index (χ1) is 13.7. The number of aromatic nitrogens is 3. The maximum absolute atomic E-state index is 11.0. The molecule has 2 aromatic heterocycles. The van der Waals surface area contributed by atoms with Crippen LogP contribution in [0.3, 0.4) is 0 Å². The summed E-state index contributed by atoms with van der Waals surface area (Å²) >= 11 is 0. The van der Waals surface area contributed by atoms with Gasteiger partial charge in [-0.15, -0.1) is 0 Å². The molecular weight excluding hydrogens is 350 g/mol. The molecule has 136 valence electrons. The third-order valence-electron chi connectivity index (χ3n) is 4.74. The molecule has 0 saturated heterocycles. The lowest BCUT2D eigenvalue weighted by molar-refractivity contribution is 0.471. The zero-order valence-corrected chi connectivity index (χ0v) is 15.2. The predicted octanol–water partition coefficient (Wildman–Crippen LogP) is 4.11. The number of anilines is 1. The Hall–Kier alpha value is -3.98. The van der Waals surface area contributed by atoms with Gasteiger partial charge in [-0.25, -0.2) is 9.97 Å². The van der Waals surface area contributed by atoms with Gasteiger partial charge < -0.3 is 10.4 Å². The van der Waals surface area contributed by atoms with E-state index in [1.54, 1.807) is 30.7 Å². The summed E-state index contributed by atoms with van der Waals surface area (Å²) < 4.78 is 0. The molecule has 4 aromatic rings. The molecule has 1 atom stereocenters. The number of fused-ring (bicyclic) bond motifs is 1. The molecule has 28 heavy (non-hydrogen) atoms. The molecule has 0 spiro atoms. The normalized spacial score (nSPS) is 11.7. The van der Waals surface area contributed by atoms with Gasteiger partial charge in [-0.1, -0.05) is 30.3 Å². The number of hydrogen-bond donors (Lipinski definition) is 2. The Labute approximate surface area is 162 Å². The Morgan fingerprint density at radius 2 is 1.71 bits per heavy atom. The third-order valence-corrected chi connectivity index (χ3v) is 4.74. The molecule has 0 bridgehead atoms. The fourth-order valence-electron chi connectivity index (χ4n) is 3.29. The summed E-state index contributed by atoms with van der Waals surface area (Å²) in [5, 5.41) is 24.5. The van der Waals surface area contributed by atoms with Gasteiger partial charge in [0.25, 0.3) is 0 Å². The Balaban J connectivity index is 1.92. The standard InChI is InChI=1S/C22H17N5O/c1-14-16(13-23)5-2-7-17(14)20(27-22-25-11-4-12-26-22)18-9-8-15-6-3-10-24-19(15)21(18)28/h2-12,20,28H,1H3,(H,25,26,27). The molecule has 0 amide bonds. The SMILES string of the molecule is Cc1c(C#N)cccc1C(Nc1ncccn1)c1ccc2cccnc2c1O. The number of phenols is 1. The second-order valence-corrected chi connectivity index (χ2v) is 6.36. The summed E-state index contributed by atoms with van der Waals surface area (Å²) in [7, 11) is 0. The van der Waals surface area contributed by atoms with Crippen LogP contribution in [0.1, 0.15) is 28.3 Å². The van der Waals surface area contributed by atoms with Crippen molar-refractivity contribution >= 4 is 16.9 Å². The van der Waals surface area contributed by atoms with Gasteiger partial charge in [0, 0.05) is 29.5 Å². The van der Waals surface area contributed by atoms with Crippen LogP contribution in [0.4, 0.5) is 5.95 Å². The van der Waals surface area contributed by atoms with Crippen LogP contribution >= 0.6 is 0 Å². The van der Waals surface area contributed by atoms with Crippen LogP contribution in [0, 0.1) is 18.3 Å². The molecule has 1 unspecified atom stereocenters. The summed E-state index contributed by atoms with van der Waals surface area (Å²) in [6, 6.07) is 16.5. The van der Waals surface area contributed by atoms with E-state index in [4.69, 9.17) is 0 Å². The fourth-order valence-corrected chi connectivity index (χ4v) is 3.29. The summed E-state index contributed by atoms with van der Waals surface area (Å²) in [4.78, 5) is 12.8. The topological polar surface area (TPSA) is 94.7 Å². The largest absolute Gasteiger partial charge is 0.505 e. The van der Waals surface area contributed by atoms with Gasteiger partial charge in [0.1, 0.15) is 11.3 Å². The quantitative estimate of drug-likeness (QED) is 0.564. The van der Waals surface area contributed by atoms with Crippen LogP contribution in [0.2, 0.25) is 0 Å². The summed E-state index contributed by atoms with van der Waals surface area (Å²) in [6.07, 6.45) is 4.94. The number of hydrogen-bond acceptors (Lipinski definition) is 6. The number of rotatable bonds is 4. The minimum Gasteiger partial charge on any atom is -0.505 e. The van der Waals surface area contributed by atoms with Crippen molar-refractivity contribution in [3.63, 3.8) is 0 Å². The lowest BCUT2D eigenvalue weighted by Gasteiger charge is -2.23. The lowest BCUT2D eigenvalue weighted by atomic mass is 9.91. The summed E-state index contributed by atoms with van der Waals surface area (Å²) in [5.41, 5.74) is 3.43. The van der Waals surface area contributed by atoms with Gasteiger partial charge >= 0.3 is 0 Å². The van der Waals surface area contributed by atoms with Crippen molar-refractivity contribution < 1.29 is 5.11 Å². The van der Waals surface area contributed by atoms with E-state index in [1.165, 1.54) is 0 Å². The molecule has 0 aliphatic rings. The average Bonchev–Trinajstić information content (AvgIpc) is 2.74. The first-order valence-electron chi connectivity index (χ1n) is 8.79. The van der Waals surface area contributed by atoms with Gasteiger partial charge in [0.15, 0.2) is 0 Å². The van der Waals surface area contributed by atoms with E-state index in [0.29, 0.717) is 22.6 Å². The first kappa shape index (κ1) is 17.4. The highest BCUT2D eigenvalue weighted by Gasteiger charge is 2.23. The first-order valence-corrected chi connectivity index (χ1v) is 8.79. The molecule has 0 radical (unpaired) electrons. The summed E-state index contributed by atoms with van der Waals surface area (Å²) in [6.45, 7) is 1.89. The van der Waals surface area contributed by atoms with E-state index in [1.807, 2.05) is 43.3 Å². The van der Waals surface area contributed by atoms with Crippen LogP contribution in [-0.2, 0) is 0 Å². The summed E-state index contributed by atoms with van der Waals surface area (Å²) in [5.74, 6) is 0.517. The van der Waals surface area contributed by atoms with E-state index in [2.05, 4.69) is 26.3 Å². The van der Waals surface area contributed by atoms with Gasteiger partial charge in [-0.05, 0) is 36.2 Å². The van der Waals surface area contributed by atoms with Crippen molar-refractivity contribution in [2.75, 3.05) is 5.32 Å². The second kappa shape index (κ2) is 7.33. The van der Waals surface area contributed by atoms with Gasteiger partial charge in [0.2, 0.25) is 5.95 Å². The molecular formula is C22H17N5O. The molecule has 2 aromatic carbocycles. The number of nitrogens with one attached hydrogen (secondary N) is 1. The highest BCUT2D eigenvalue weighted by molar-refractivity contribution is 5.86. The van der Waals surface area contributed by atoms with Gasteiger partial charge in [0.05, 0.1) is 17.7 Å². The van der Waals surface area contributed by atoms with Crippen LogP contribution in [0.15, 0.2) is 67.1 Å². The van der Waals surface area contributed by atoms with Crippen LogP contribution in [0.5, 0.6) is 5.75 Å². The van der Waals surface area contributed by atoms with Crippen LogP contribution in [0.25, 0.3) is 10.9 Å². The fraction of sp³-hybridized carbons (Fsp3) is 0.0909. The van der Waals surface area contributed by atoms with Crippen molar-refractivity contribution in [2.45, 2.75) is 13.0 Å². The van der Waals surface area contributed by atoms with Crippen LogP contribution in [-0.4, -0.2) is 20.1 Å². The third kappa shape index (κ3) is 3.10. The molecule has 4 rings (SSSR count). The van der Waals surface area contributed by atoms with E-state index in [9.17, 15) is 10.4 Å². The molecule has 0 fully saturated rings. The molecule has 2 N–H and O–H groups in total. The Bertz CT molecular complexity index is 1180. The number of benzene rings is 2. The molecule has 6 heteroatoms. The van der Waals surface area contributed by atoms with E-state index < -0.39 is 6.04 Å². The van der Waals surface area contributed by atoms with Crippen molar-refractivity contribution in [2.24, 2.45) is 0 Å². The Morgan fingerprint density at radius 1 is 0.929 bits per heavy atom. The van der Waals surface area contributed by atoms with Crippen molar-refractivity contribution in [1.29, 1.82) is 5.26 Å². The average molecular weight is 367 g/mol. The highest BCUT2D eigenvalue weighted by atomic mass is 16.3. The van der Waals surface area contributed by atoms with Gasteiger partial charge in [-0.2, -0.15) is 5.26 Å². The van der Waals surface area contributed by atoms with Crippen molar-refractivity contribution in [3.05, 3.63) is 89.4 Å². The van der Waals surface area contributed by atoms with E-state index in [0.717, 1.165) is 16.5 Å². The van der Waals surface area contributed by atoms with Crippen molar-refractivity contribution in [1.82, 2.24) is 15.0 Å². The maximum atomic E-state index is 11.0. The monoisotopic (exact) mass is 367 g/mol. The minimum atomic E-state index is -0.456. The van der Waals surface area contributed by atoms with Gasteiger partial charge in [-0.3, -0.25) is 4.98 Å². The second-order valence-electron chi connectivity index (χ2n) is 6.36. The lowest BCUT2D eigenvalue weighted by Crippen LogP contribution is -2.16. The van der Waals surface area contributed by atoms with Crippen molar-refractivity contribution in [3.8, 4) is 11.8 Å². The minimum absolute atomic E-state index is 0.0910.